The molecule has 4 nitrogen and oxygen atoms in total. The van der Waals surface area contributed by atoms with Crippen molar-refractivity contribution in [2.24, 2.45) is 17.8 Å². The summed E-state index contributed by atoms with van der Waals surface area (Å²) < 4.78 is 0. The van der Waals surface area contributed by atoms with Gasteiger partial charge in [0.1, 0.15) is 0 Å². The van der Waals surface area contributed by atoms with Gasteiger partial charge in [-0.15, -0.1) is 0 Å². The fraction of sp³-hybridized carbons (Fsp3) is 0.769. The molecule has 1 aromatic rings. The molecule has 4 saturated carbocycles. The van der Waals surface area contributed by atoms with Gasteiger partial charge in [-0.2, -0.15) is 5.10 Å². The maximum Gasteiger partial charge on any atom is 0.168 e. The van der Waals surface area contributed by atoms with Gasteiger partial charge in [-0.05, 0) is 56.3 Å². The zero-order valence-corrected chi connectivity index (χ0v) is 10.1. The fourth-order valence-corrected chi connectivity index (χ4v) is 5.19. The van der Waals surface area contributed by atoms with Crippen LogP contribution in [-0.4, -0.2) is 10.2 Å². The van der Waals surface area contributed by atoms with Gasteiger partial charge in [0.2, 0.25) is 0 Å². The normalized spacial score (nSPS) is 43.2. The molecule has 5 rings (SSSR count). The standard InChI is InChI=1S/C13H20N4/c14-10-11(16-17-12(10)15)13-4-7-1-8(5-13)3-9(2-7)6-13/h7-9H,1-6,14H2,(H3,15,16,17). The van der Waals surface area contributed by atoms with Gasteiger partial charge in [0.25, 0.3) is 0 Å². The fourth-order valence-electron chi connectivity index (χ4n) is 5.19. The molecule has 5 N–H and O–H groups in total. The summed E-state index contributed by atoms with van der Waals surface area (Å²) in [5.41, 5.74) is 14.0. The van der Waals surface area contributed by atoms with Crippen molar-refractivity contribution in [2.75, 3.05) is 11.5 Å². The number of anilines is 2. The summed E-state index contributed by atoms with van der Waals surface area (Å²) in [6.45, 7) is 0. The third-order valence-electron chi connectivity index (χ3n) is 5.40. The minimum absolute atomic E-state index is 0.281. The van der Waals surface area contributed by atoms with Crippen molar-refractivity contribution in [3.05, 3.63) is 5.69 Å². The Morgan fingerprint density at radius 2 is 1.53 bits per heavy atom. The number of hydrogen-bond donors (Lipinski definition) is 3. The average Bonchev–Trinajstić information content (AvgIpc) is 2.58. The maximum atomic E-state index is 6.11. The Morgan fingerprint density at radius 3 is 1.94 bits per heavy atom. The van der Waals surface area contributed by atoms with Crippen molar-refractivity contribution in [3.63, 3.8) is 0 Å². The number of nitrogen functional groups attached to an aromatic ring is 2. The van der Waals surface area contributed by atoms with Crippen LogP contribution in [0.25, 0.3) is 0 Å². The van der Waals surface area contributed by atoms with Crippen LogP contribution in [0, 0.1) is 17.8 Å². The highest BCUT2D eigenvalue weighted by atomic mass is 15.2. The first-order valence-corrected chi connectivity index (χ1v) is 6.76. The molecule has 4 bridgehead atoms. The van der Waals surface area contributed by atoms with Crippen LogP contribution in [0.4, 0.5) is 11.5 Å². The van der Waals surface area contributed by atoms with Crippen LogP contribution in [0.5, 0.6) is 0 Å². The monoisotopic (exact) mass is 232 g/mol. The molecule has 4 aliphatic rings. The van der Waals surface area contributed by atoms with Crippen LogP contribution < -0.4 is 11.5 Å². The molecule has 0 spiro atoms. The molecule has 0 radical (unpaired) electrons. The highest BCUT2D eigenvalue weighted by Gasteiger charge is 2.53. The molecule has 0 aromatic carbocycles. The van der Waals surface area contributed by atoms with E-state index >= 15 is 0 Å². The second-order valence-corrected chi connectivity index (χ2v) is 6.60. The number of H-pyrrole nitrogens is 1. The van der Waals surface area contributed by atoms with E-state index in [0.29, 0.717) is 11.5 Å². The summed E-state index contributed by atoms with van der Waals surface area (Å²) in [7, 11) is 0. The highest BCUT2D eigenvalue weighted by molar-refractivity contribution is 5.63. The number of nitrogens with zero attached hydrogens (tertiary/aromatic N) is 1. The largest absolute Gasteiger partial charge is 0.394 e. The van der Waals surface area contributed by atoms with E-state index in [0.717, 1.165) is 23.4 Å². The lowest BCUT2D eigenvalue weighted by Gasteiger charge is -2.56. The number of rotatable bonds is 1. The lowest BCUT2D eigenvalue weighted by atomic mass is 9.48. The van der Waals surface area contributed by atoms with E-state index in [1.807, 2.05) is 0 Å². The Labute approximate surface area is 101 Å². The van der Waals surface area contributed by atoms with Crippen molar-refractivity contribution >= 4 is 11.5 Å². The molecular formula is C13H20N4. The molecule has 0 amide bonds. The summed E-state index contributed by atoms with van der Waals surface area (Å²) >= 11 is 0. The van der Waals surface area contributed by atoms with E-state index in [1.54, 1.807) is 0 Å². The van der Waals surface area contributed by atoms with Crippen molar-refractivity contribution in [1.82, 2.24) is 10.2 Å². The molecule has 1 heterocycles. The summed E-state index contributed by atoms with van der Waals surface area (Å²) in [4.78, 5) is 0. The Bertz CT molecular complexity index is 427. The molecule has 4 aliphatic carbocycles. The number of nitrogens with two attached hydrogens (primary N) is 2. The molecule has 0 atom stereocenters. The molecule has 1 aromatic heterocycles. The molecule has 0 aliphatic heterocycles. The predicted octanol–water partition coefficient (Wildman–Crippen LogP) is 2.04. The lowest BCUT2D eigenvalue weighted by molar-refractivity contribution is -0.00686. The van der Waals surface area contributed by atoms with Crippen molar-refractivity contribution in [2.45, 2.75) is 43.9 Å². The van der Waals surface area contributed by atoms with Crippen LogP contribution in [0.2, 0.25) is 0 Å². The van der Waals surface area contributed by atoms with Gasteiger partial charge in [-0.1, -0.05) is 0 Å². The molecular weight excluding hydrogens is 212 g/mol. The van der Waals surface area contributed by atoms with Gasteiger partial charge in [0.05, 0.1) is 11.4 Å². The van der Waals surface area contributed by atoms with Gasteiger partial charge < -0.3 is 11.5 Å². The quantitative estimate of drug-likeness (QED) is 0.693. The first-order chi connectivity index (χ1) is 8.16. The van der Waals surface area contributed by atoms with Crippen molar-refractivity contribution in [3.8, 4) is 0 Å². The Hall–Kier alpha value is -1.19. The lowest BCUT2D eigenvalue weighted by Crippen LogP contribution is -2.49. The van der Waals surface area contributed by atoms with Gasteiger partial charge in [-0.3, -0.25) is 5.10 Å². The van der Waals surface area contributed by atoms with E-state index in [1.165, 1.54) is 38.5 Å². The Morgan fingerprint density at radius 1 is 1.00 bits per heavy atom. The maximum absolute atomic E-state index is 6.11. The SMILES string of the molecule is Nc1n[nH]c(C23CC4CC(CC(C4)C2)C3)c1N. The topological polar surface area (TPSA) is 80.7 Å². The third kappa shape index (κ3) is 1.21. The van der Waals surface area contributed by atoms with E-state index in [2.05, 4.69) is 10.2 Å². The van der Waals surface area contributed by atoms with Crippen LogP contribution >= 0.6 is 0 Å². The minimum atomic E-state index is 0.281. The summed E-state index contributed by atoms with van der Waals surface area (Å²) in [5.74, 6) is 3.25. The molecule has 17 heavy (non-hydrogen) atoms. The van der Waals surface area contributed by atoms with E-state index < -0.39 is 0 Å². The number of nitrogens with one attached hydrogen (secondary N) is 1. The zero-order chi connectivity index (χ0) is 11.6. The molecule has 4 heteroatoms. The molecule has 0 saturated heterocycles. The van der Waals surface area contributed by atoms with Gasteiger partial charge in [0, 0.05) is 5.41 Å². The van der Waals surface area contributed by atoms with E-state index in [-0.39, 0.29) is 5.41 Å². The van der Waals surface area contributed by atoms with Crippen molar-refractivity contribution in [1.29, 1.82) is 0 Å². The number of aromatic amines is 1. The minimum Gasteiger partial charge on any atom is -0.394 e. The summed E-state index contributed by atoms with van der Waals surface area (Å²) in [6, 6.07) is 0. The van der Waals surface area contributed by atoms with E-state index in [4.69, 9.17) is 11.5 Å². The van der Waals surface area contributed by atoms with Gasteiger partial charge in [-0.25, -0.2) is 0 Å². The predicted molar refractivity (Wildman–Crippen MR) is 67.3 cm³/mol. The van der Waals surface area contributed by atoms with Crippen LogP contribution in [0.1, 0.15) is 44.2 Å². The first kappa shape index (κ1) is 9.80. The molecule has 0 unspecified atom stereocenters. The van der Waals surface area contributed by atoms with E-state index in [9.17, 15) is 0 Å². The van der Waals surface area contributed by atoms with Gasteiger partial charge in [0.15, 0.2) is 5.82 Å². The Kier molecular flexibility index (Phi) is 1.72. The third-order valence-corrected chi connectivity index (χ3v) is 5.40. The molecule has 4 fully saturated rings. The Balaban J connectivity index is 1.80. The second-order valence-electron chi connectivity index (χ2n) is 6.60. The number of hydrogen-bond acceptors (Lipinski definition) is 3. The van der Waals surface area contributed by atoms with Crippen molar-refractivity contribution < 1.29 is 0 Å². The van der Waals surface area contributed by atoms with Crippen LogP contribution in [-0.2, 0) is 5.41 Å². The zero-order valence-electron chi connectivity index (χ0n) is 10.1. The van der Waals surface area contributed by atoms with Crippen LogP contribution in [0.15, 0.2) is 0 Å². The number of aromatic nitrogens is 2. The second kappa shape index (κ2) is 2.98. The van der Waals surface area contributed by atoms with Crippen LogP contribution in [0.3, 0.4) is 0 Å². The average molecular weight is 232 g/mol. The summed E-state index contributed by atoms with van der Waals surface area (Å²) in [6.07, 6.45) is 8.23. The molecule has 92 valence electrons. The first-order valence-electron chi connectivity index (χ1n) is 6.76. The summed E-state index contributed by atoms with van der Waals surface area (Å²) in [5, 5.41) is 7.23. The smallest absolute Gasteiger partial charge is 0.168 e. The highest BCUT2D eigenvalue weighted by Crippen LogP contribution is 2.61. The van der Waals surface area contributed by atoms with Gasteiger partial charge >= 0.3 is 0 Å².